The molecule has 0 unspecified atom stereocenters. The van der Waals surface area contributed by atoms with Crippen LogP contribution in [0.4, 0.5) is 4.39 Å². The second-order valence-corrected chi connectivity index (χ2v) is 5.87. The molecule has 4 aromatic rings. The molecule has 6 heteroatoms. The van der Waals surface area contributed by atoms with Crippen molar-refractivity contribution in [3.63, 3.8) is 0 Å². The summed E-state index contributed by atoms with van der Waals surface area (Å²) < 4.78 is 24.1. The van der Waals surface area contributed by atoms with Crippen molar-refractivity contribution in [3.05, 3.63) is 78.5 Å². The molecule has 27 heavy (non-hydrogen) atoms. The van der Waals surface area contributed by atoms with Crippen LogP contribution in [0.15, 0.2) is 67.0 Å². The van der Waals surface area contributed by atoms with E-state index in [4.69, 9.17) is 9.47 Å². The summed E-state index contributed by atoms with van der Waals surface area (Å²) in [7, 11) is 0. The minimum Gasteiger partial charge on any atom is -0.489 e. The summed E-state index contributed by atoms with van der Waals surface area (Å²) in [6.07, 6.45) is 3.13. The van der Waals surface area contributed by atoms with Crippen LogP contribution in [0, 0.1) is 5.82 Å². The quantitative estimate of drug-likeness (QED) is 0.394. The molecule has 0 saturated heterocycles. The van der Waals surface area contributed by atoms with E-state index in [-0.39, 0.29) is 24.7 Å². The number of aromatic nitrogens is 2. The number of carbonyl (C=O) groups excluding carboxylic acids is 1. The molecular formula is C21H15FN2O3. The SMILES string of the molecule is O=C(OCCOc1ccnc2ccccc12)c1cc2ccc(F)cc2cn1. The third kappa shape index (κ3) is 3.69. The molecule has 2 heterocycles. The topological polar surface area (TPSA) is 61.3 Å². The van der Waals surface area contributed by atoms with Crippen LogP contribution in [-0.4, -0.2) is 29.2 Å². The Morgan fingerprint density at radius 1 is 0.963 bits per heavy atom. The Hall–Kier alpha value is -3.54. The minimum absolute atomic E-state index is 0.0820. The molecule has 0 N–H and O–H groups in total. The first-order valence-electron chi connectivity index (χ1n) is 8.40. The van der Waals surface area contributed by atoms with Gasteiger partial charge in [0.1, 0.15) is 30.5 Å². The van der Waals surface area contributed by atoms with Crippen molar-refractivity contribution in [2.45, 2.75) is 0 Å². The van der Waals surface area contributed by atoms with E-state index in [1.54, 1.807) is 24.4 Å². The molecule has 2 aromatic heterocycles. The van der Waals surface area contributed by atoms with Crippen molar-refractivity contribution in [3.8, 4) is 5.75 Å². The highest BCUT2D eigenvalue weighted by atomic mass is 19.1. The summed E-state index contributed by atoms with van der Waals surface area (Å²) in [6, 6.07) is 15.3. The predicted molar refractivity (Wildman–Crippen MR) is 99.2 cm³/mol. The third-order valence-electron chi connectivity index (χ3n) is 4.08. The molecule has 0 aliphatic carbocycles. The molecule has 0 saturated carbocycles. The van der Waals surface area contributed by atoms with E-state index < -0.39 is 5.97 Å². The van der Waals surface area contributed by atoms with Crippen LogP contribution in [0.2, 0.25) is 0 Å². The van der Waals surface area contributed by atoms with E-state index in [1.807, 2.05) is 24.3 Å². The fraction of sp³-hybridized carbons (Fsp3) is 0.0952. The maximum absolute atomic E-state index is 13.2. The van der Waals surface area contributed by atoms with Gasteiger partial charge >= 0.3 is 5.97 Å². The maximum Gasteiger partial charge on any atom is 0.357 e. The lowest BCUT2D eigenvalue weighted by atomic mass is 10.1. The minimum atomic E-state index is -0.551. The van der Waals surface area contributed by atoms with Gasteiger partial charge in [-0.25, -0.2) is 14.2 Å². The normalized spacial score (nSPS) is 10.9. The molecule has 0 atom stereocenters. The number of hydrogen-bond donors (Lipinski definition) is 0. The van der Waals surface area contributed by atoms with Gasteiger partial charge in [-0.3, -0.25) is 4.98 Å². The van der Waals surface area contributed by atoms with Gasteiger partial charge in [-0.05, 0) is 41.8 Å². The van der Waals surface area contributed by atoms with Crippen LogP contribution in [0.25, 0.3) is 21.7 Å². The zero-order valence-corrected chi connectivity index (χ0v) is 14.3. The monoisotopic (exact) mass is 362 g/mol. The second-order valence-electron chi connectivity index (χ2n) is 5.87. The first kappa shape index (κ1) is 16.9. The van der Waals surface area contributed by atoms with Crippen molar-refractivity contribution in [2.75, 3.05) is 13.2 Å². The first-order valence-corrected chi connectivity index (χ1v) is 8.40. The van der Waals surface area contributed by atoms with Crippen molar-refractivity contribution in [1.82, 2.24) is 9.97 Å². The summed E-state index contributed by atoms with van der Waals surface area (Å²) in [5, 5.41) is 2.24. The molecule has 0 spiro atoms. The lowest BCUT2D eigenvalue weighted by Crippen LogP contribution is -2.13. The van der Waals surface area contributed by atoms with Crippen LogP contribution in [0.3, 0.4) is 0 Å². The summed E-state index contributed by atoms with van der Waals surface area (Å²) in [5.41, 5.74) is 1.01. The Kier molecular flexibility index (Phi) is 4.61. The molecular weight excluding hydrogens is 347 g/mol. The summed E-state index contributed by atoms with van der Waals surface area (Å²) >= 11 is 0. The molecule has 0 aliphatic heterocycles. The Morgan fingerprint density at radius 2 is 1.85 bits per heavy atom. The number of fused-ring (bicyclic) bond motifs is 2. The van der Waals surface area contributed by atoms with Crippen LogP contribution in [0.5, 0.6) is 5.75 Å². The van der Waals surface area contributed by atoms with E-state index in [2.05, 4.69) is 9.97 Å². The summed E-state index contributed by atoms with van der Waals surface area (Å²) in [6.45, 7) is 0.289. The average molecular weight is 362 g/mol. The van der Waals surface area contributed by atoms with Crippen LogP contribution >= 0.6 is 0 Å². The Labute approximate surface area is 154 Å². The van der Waals surface area contributed by atoms with Gasteiger partial charge in [0.2, 0.25) is 0 Å². The zero-order chi connectivity index (χ0) is 18.6. The van der Waals surface area contributed by atoms with E-state index in [9.17, 15) is 9.18 Å². The van der Waals surface area contributed by atoms with E-state index >= 15 is 0 Å². The molecule has 0 bridgehead atoms. The lowest BCUT2D eigenvalue weighted by molar-refractivity contribution is 0.0445. The molecule has 0 radical (unpaired) electrons. The smallest absolute Gasteiger partial charge is 0.357 e. The van der Waals surface area contributed by atoms with Crippen LogP contribution in [0.1, 0.15) is 10.5 Å². The molecule has 0 amide bonds. The number of pyridine rings is 2. The largest absolute Gasteiger partial charge is 0.489 e. The summed E-state index contributed by atoms with van der Waals surface area (Å²) in [5.74, 6) is -0.215. The molecule has 0 aliphatic rings. The predicted octanol–water partition coefficient (Wildman–Crippen LogP) is 4.16. The standard InChI is InChI=1S/C21H15FN2O3/c22-16-6-5-14-12-19(24-13-15(14)11-16)21(25)27-10-9-26-20-7-8-23-18-4-2-1-3-17(18)20/h1-8,11-13H,9-10H2. The number of ether oxygens (including phenoxy) is 2. The van der Waals surface area contributed by atoms with Gasteiger partial charge in [-0.2, -0.15) is 0 Å². The number of esters is 1. The second kappa shape index (κ2) is 7.37. The lowest BCUT2D eigenvalue weighted by Gasteiger charge is -2.09. The van der Waals surface area contributed by atoms with Gasteiger partial charge in [0.15, 0.2) is 0 Å². The number of carbonyl (C=O) groups is 1. The molecule has 2 aromatic carbocycles. The highest BCUT2D eigenvalue weighted by molar-refractivity contribution is 5.93. The molecule has 134 valence electrons. The van der Waals surface area contributed by atoms with E-state index in [1.165, 1.54) is 18.3 Å². The first-order chi connectivity index (χ1) is 13.2. The molecule has 0 fully saturated rings. The fourth-order valence-corrected chi connectivity index (χ4v) is 2.78. The fourth-order valence-electron chi connectivity index (χ4n) is 2.78. The van der Waals surface area contributed by atoms with Crippen molar-refractivity contribution in [2.24, 2.45) is 0 Å². The van der Waals surface area contributed by atoms with Crippen molar-refractivity contribution >= 4 is 27.6 Å². The number of hydrogen-bond acceptors (Lipinski definition) is 5. The van der Waals surface area contributed by atoms with Crippen molar-refractivity contribution < 1.29 is 18.7 Å². The Bertz CT molecular complexity index is 1130. The van der Waals surface area contributed by atoms with Gasteiger partial charge < -0.3 is 9.47 Å². The van der Waals surface area contributed by atoms with Gasteiger partial charge in [0, 0.05) is 23.2 Å². The zero-order valence-electron chi connectivity index (χ0n) is 14.3. The Morgan fingerprint density at radius 3 is 2.78 bits per heavy atom. The van der Waals surface area contributed by atoms with Gasteiger partial charge in [-0.15, -0.1) is 0 Å². The van der Waals surface area contributed by atoms with Gasteiger partial charge in [0.25, 0.3) is 0 Å². The number of nitrogens with zero attached hydrogens (tertiary/aromatic N) is 2. The van der Waals surface area contributed by atoms with Crippen LogP contribution < -0.4 is 4.74 Å². The van der Waals surface area contributed by atoms with Crippen molar-refractivity contribution in [1.29, 1.82) is 0 Å². The van der Waals surface area contributed by atoms with Gasteiger partial charge in [0.05, 0.1) is 5.52 Å². The maximum atomic E-state index is 13.2. The van der Waals surface area contributed by atoms with E-state index in [0.717, 1.165) is 16.3 Å². The number of benzene rings is 2. The number of halogens is 1. The molecule has 5 nitrogen and oxygen atoms in total. The number of rotatable bonds is 5. The van der Waals surface area contributed by atoms with Crippen LogP contribution in [-0.2, 0) is 4.74 Å². The van der Waals surface area contributed by atoms with Gasteiger partial charge in [-0.1, -0.05) is 18.2 Å². The number of para-hydroxylation sites is 1. The highest BCUT2D eigenvalue weighted by Gasteiger charge is 2.10. The Balaban J connectivity index is 1.37. The summed E-state index contributed by atoms with van der Waals surface area (Å²) in [4.78, 5) is 20.5. The van der Waals surface area contributed by atoms with E-state index in [0.29, 0.717) is 11.1 Å². The average Bonchev–Trinajstić information content (AvgIpc) is 2.70. The third-order valence-corrected chi connectivity index (χ3v) is 4.08. The highest BCUT2D eigenvalue weighted by Crippen LogP contribution is 2.23. The molecule has 4 rings (SSSR count).